The highest BCUT2D eigenvalue weighted by Gasteiger charge is 2.06. The van der Waals surface area contributed by atoms with Crippen molar-refractivity contribution < 1.29 is 9.90 Å². The quantitative estimate of drug-likeness (QED) is 0.671. The van der Waals surface area contributed by atoms with Gasteiger partial charge in [-0.2, -0.15) is 5.10 Å². The van der Waals surface area contributed by atoms with Gasteiger partial charge in [0.25, 0.3) is 5.91 Å². The largest absolute Gasteiger partial charge is 0.508 e. The van der Waals surface area contributed by atoms with Gasteiger partial charge in [-0.3, -0.25) is 4.79 Å². The Kier molecular flexibility index (Phi) is 4.38. The summed E-state index contributed by atoms with van der Waals surface area (Å²) in [5, 5.41) is 13.5. The average molecular weight is 282 g/mol. The van der Waals surface area contributed by atoms with Crippen molar-refractivity contribution in [3.8, 4) is 5.75 Å². The lowest BCUT2D eigenvalue weighted by Gasteiger charge is -2.05. The zero-order chi connectivity index (χ0) is 15.4. The number of phenolic OH excluding ortho intramolecular Hbond substituents is 1. The molecule has 4 heteroatoms. The number of amides is 1. The Bertz CT molecular complexity index is 706. The van der Waals surface area contributed by atoms with Crippen LogP contribution in [0.2, 0.25) is 0 Å². The molecule has 4 nitrogen and oxygen atoms in total. The molecule has 1 amide bonds. The average Bonchev–Trinajstić information content (AvgIpc) is 2.47. The fourth-order valence-electron chi connectivity index (χ4n) is 1.88. The Morgan fingerprint density at radius 2 is 1.81 bits per heavy atom. The summed E-state index contributed by atoms with van der Waals surface area (Å²) in [5.41, 5.74) is 6.70. The number of hydrogen-bond acceptors (Lipinski definition) is 3. The second-order valence-corrected chi connectivity index (χ2v) is 4.99. The van der Waals surface area contributed by atoms with Gasteiger partial charge in [0.1, 0.15) is 5.75 Å². The fraction of sp³-hybridized carbons (Fsp3) is 0.176. The van der Waals surface area contributed by atoms with E-state index in [2.05, 4.69) is 10.5 Å². The van der Waals surface area contributed by atoms with E-state index < -0.39 is 0 Å². The van der Waals surface area contributed by atoms with Crippen LogP contribution in [-0.2, 0) is 0 Å². The molecule has 2 aromatic carbocycles. The highest BCUT2D eigenvalue weighted by Crippen LogP contribution is 2.12. The molecule has 0 aromatic heterocycles. The number of aryl methyl sites for hydroxylation is 2. The van der Waals surface area contributed by atoms with Crippen molar-refractivity contribution in [2.45, 2.75) is 20.8 Å². The van der Waals surface area contributed by atoms with Crippen molar-refractivity contribution in [2.24, 2.45) is 5.10 Å². The molecule has 0 atom stereocenters. The maximum absolute atomic E-state index is 12.0. The minimum atomic E-state index is -0.252. The molecule has 0 aliphatic rings. The number of carbonyl (C=O) groups excluding carboxylic acids is 1. The molecule has 0 heterocycles. The van der Waals surface area contributed by atoms with Crippen LogP contribution in [0.5, 0.6) is 5.75 Å². The number of rotatable bonds is 3. The van der Waals surface area contributed by atoms with Gasteiger partial charge >= 0.3 is 0 Å². The molecule has 0 spiro atoms. The Hall–Kier alpha value is -2.62. The Labute approximate surface area is 124 Å². The third kappa shape index (κ3) is 3.69. The number of aromatic hydroxyl groups is 1. The van der Waals surface area contributed by atoms with Gasteiger partial charge in [0.15, 0.2) is 0 Å². The third-order valence-corrected chi connectivity index (χ3v) is 3.36. The van der Waals surface area contributed by atoms with Crippen LogP contribution in [0.3, 0.4) is 0 Å². The van der Waals surface area contributed by atoms with Crippen LogP contribution in [0.1, 0.15) is 34.0 Å². The first-order valence-electron chi connectivity index (χ1n) is 6.68. The molecule has 0 radical (unpaired) electrons. The molecule has 2 aromatic rings. The number of hydrazone groups is 1. The SMILES string of the molecule is C/C(=N\NC(=O)c1ccc(C)c(C)c1)c1cccc(O)c1. The molecule has 0 bridgehead atoms. The summed E-state index contributed by atoms with van der Waals surface area (Å²) in [6, 6.07) is 12.3. The van der Waals surface area contributed by atoms with E-state index in [1.165, 1.54) is 0 Å². The summed E-state index contributed by atoms with van der Waals surface area (Å²) in [5.74, 6) is -0.0832. The van der Waals surface area contributed by atoms with Crippen LogP contribution in [0.25, 0.3) is 0 Å². The van der Waals surface area contributed by atoms with Crippen LogP contribution >= 0.6 is 0 Å². The normalized spacial score (nSPS) is 11.3. The predicted octanol–water partition coefficient (Wildman–Crippen LogP) is 3.16. The van der Waals surface area contributed by atoms with Crippen molar-refractivity contribution in [1.29, 1.82) is 0 Å². The van der Waals surface area contributed by atoms with E-state index in [1.54, 1.807) is 31.2 Å². The third-order valence-electron chi connectivity index (χ3n) is 3.36. The number of nitrogens with one attached hydrogen (secondary N) is 1. The van der Waals surface area contributed by atoms with Gasteiger partial charge in [-0.05, 0) is 56.2 Å². The van der Waals surface area contributed by atoms with E-state index in [-0.39, 0.29) is 11.7 Å². The second-order valence-electron chi connectivity index (χ2n) is 4.99. The fourth-order valence-corrected chi connectivity index (χ4v) is 1.88. The minimum Gasteiger partial charge on any atom is -0.508 e. The van der Waals surface area contributed by atoms with Gasteiger partial charge in [0.05, 0.1) is 5.71 Å². The summed E-state index contributed by atoms with van der Waals surface area (Å²) >= 11 is 0. The number of benzene rings is 2. The van der Waals surface area contributed by atoms with Crippen molar-refractivity contribution in [2.75, 3.05) is 0 Å². The molecular weight excluding hydrogens is 264 g/mol. The standard InChI is InChI=1S/C17H18N2O2/c1-11-7-8-15(9-12(11)2)17(21)19-18-13(3)14-5-4-6-16(20)10-14/h4-10,20H,1-3H3,(H,19,21)/b18-13+. The maximum Gasteiger partial charge on any atom is 0.271 e. The highest BCUT2D eigenvalue weighted by atomic mass is 16.3. The van der Waals surface area contributed by atoms with Gasteiger partial charge < -0.3 is 5.11 Å². The zero-order valence-corrected chi connectivity index (χ0v) is 12.3. The number of carbonyl (C=O) groups is 1. The Morgan fingerprint density at radius 3 is 2.48 bits per heavy atom. The van der Waals surface area contributed by atoms with Gasteiger partial charge in [0.2, 0.25) is 0 Å². The van der Waals surface area contributed by atoms with Crippen LogP contribution < -0.4 is 5.43 Å². The van der Waals surface area contributed by atoms with E-state index in [1.807, 2.05) is 32.0 Å². The highest BCUT2D eigenvalue weighted by molar-refractivity contribution is 6.01. The van der Waals surface area contributed by atoms with Crippen molar-refractivity contribution in [1.82, 2.24) is 5.43 Å². The first kappa shape index (κ1) is 14.8. The van der Waals surface area contributed by atoms with Gasteiger partial charge in [-0.25, -0.2) is 5.43 Å². The summed E-state index contributed by atoms with van der Waals surface area (Å²) < 4.78 is 0. The Morgan fingerprint density at radius 1 is 1.05 bits per heavy atom. The summed E-state index contributed by atoms with van der Waals surface area (Å²) in [4.78, 5) is 12.0. The minimum absolute atomic E-state index is 0.169. The zero-order valence-electron chi connectivity index (χ0n) is 12.3. The second kappa shape index (κ2) is 6.22. The molecule has 0 aliphatic carbocycles. The molecule has 0 unspecified atom stereocenters. The maximum atomic E-state index is 12.0. The summed E-state index contributed by atoms with van der Waals surface area (Å²) in [6.07, 6.45) is 0. The summed E-state index contributed by atoms with van der Waals surface area (Å²) in [6.45, 7) is 5.74. The molecular formula is C17H18N2O2. The molecule has 2 rings (SSSR count). The van der Waals surface area contributed by atoms with Crippen LogP contribution in [0, 0.1) is 13.8 Å². The molecule has 0 fully saturated rings. The molecule has 0 saturated heterocycles. The molecule has 0 saturated carbocycles. The van der Waals surface area contributed by atoms with Gasteiger partial charge in [-0.1, -0.05) is 18.2 Å². The van der Waals surface area contributed by atoms with Crippen LogP contribution in [0.4, 0.5) is 0 Å². The molecule has 2 N–H and O–H groups in total. The van der Waals surface area contributed by atoms with E-state index in [9.17, 15) is 9.90 Å². The molecule has 0 aliphatic heterocycles. The van der Waals surface area contributed by atoms with E-state index in [0.29, 0.717) is 11.3 Å². The van der Waals surface area contributed by atoms with E-state index in [0.717, 1.165) is 16.7 Å². The lowest BCUT2D eigenvalue weighted by Crippen LogP contribution is -2.19. The topological polar surface area (TPSA) is 61.7 Å². The smallest absolute Gasteiger partial charge is 0.271 e. The number of hydrogen-bond donors (Lipinski definition) is 2. The predicted molar refractivity (Wildman–Crippen MR) is 83.7 cm³/mol. The Balaban J connectivity index is 2.12. The molecule has 108 valence electrons. The molecule has 21 heavy (non-hydrogen) atoms. The van der Waals surface area contributed by atoms with Crippen molar-refractivity contribution >= 4 is 11.6 Å². The summed E-state index contributed by atoms with van der Waals surface area (Å²) in [7, 11) is 0. The lowest BCUT2D eigenvalue weighted by atomic mass is 10.1. The van der Waals surface area contributed by atoms with Crippen molar-refractivity contribution in [3.05, 3.63) is 64.7 Å². The van der Waals surface area contributed by atoms with Crippen LogP contribution in [0.15, 0.2) is 47.6 Å². The van der Waals surface area contributed by atoms with Gasteiger partial charge in [-0.15, -0.1) is 0 Å². The van der Waals surface area contributed by atoms with Gasteiger partial charge in [0, 0.05) is 11.1 Å². The number of nitrogens with zero attached hydrogens (tertiary/aromatic N) is 1. The van der Waals surface area contributed by atoms with Crippen LogP contribution in [-0.4, -0.2) is 16.7 Å². The van der Waals surface area contributed by atoms with Crippen molar-refractivity contribution in [3.63, 3.8) is 0 Å². The number of phenols is 1. The lowest BCUT2D eigenvalue weighted by molar-refractivity contribution is 0.0954. The van der Waals surface area contributed by atoms with E-state index in [4.69, 9.17) is 0 Å². The first-order valence-corrected chi connectivity index (χ1v) is 6.68. The monoisotopic (exact) mass is 282 g/mol. The van der Waals surface area contributed by atoms with E-state index >= 15 is 0 Å². The first-order chi connectivity index (χ1) is 9.97.